The van der Waals surface area contributed by atoms with Crippen LogP contribution in [0.25, 0.3) is 0 Å². The van der Waals surface area contributed by atoms with Crippen LogP contribution in [0, 0.1) is 0 Å². The Bertz CT molecular complexity index is 435. The average molecular weight is 294 g/mol. The number of nitrogens with zero attached hydrogens (tertiary/aromatic N) is 1. The van der Waals surface area contributed by atoms with Crippen molar-refractivity contribution in [1.29, 1.82) is 0 Å². The Morgan fingerprint density at radius 1 is 1.43 bits per heavy atom. The average Bonchev–Trinajstić information content (AvgIpc) is 2.49. The van der Waals surface area contributed by atoms with Crippen LogP contribution in [-0.4, -0.2) is 50.2 Å². The zero-order chi connectivity index (χ0) is 15.7. The van der Waals surface area contributed by atoms with E-state index in [4.69, 9.17) is 4.74 Å². The molecule has 0 bridgehead atoms. The molecule has 2 N–H and O–H groups in total. The molecule has 0 radical (unpaired) electrons. The maximum absolute atomic E-state index is 11.4. The summed E-state index contributed by atoms with van der Waals surface area (Å²) in [7, 11) is 5.36. The van der Waals surface area contributed by atoms with Crippen LogP contribution in [0.15, 0.2) is 24.3 Å². The molecule has 5 nitrogen and oxygen atoms in total. The van der Waals surface area contributed by atoms with Crippen LogP contribution in [0.1, 0.15) is 30.9 Å². The van der Waals surface area contributed by atoms with Crippen LogP contribution in [0.4, 0.5) is 0 Å². The third-order valence-electron chi connectivity index (χ3n) is 3.21. The van der Waals surface area contributed by atoms with E-state index in [1.54, 1.807) is 19.0 Å². The van der Waals surface area contributed by atoms with Crippen molar-refractivity contribution in [3.8, 4) is 5.75 Å². The predicted molar refractivity (Wildman–Crippen MR) is 83.4 cm³/mol. The van der Waals surface area contributed by atoms with Crippen LogP contribution in [-0.2, 0) is 4.79 Å². The zero-order valence-electron chi connectivity index (χ0n) is 13.1. The Morgan fingerprint density at radius 2 is 2.19 bits per heavy atom. The van der Waals surface area contributed by atoms with Gasteiger partial charge in [0.15, 0.2) is 0 Å². The summed E-state index contributed by atoms with van der Waals surface area (Å²) < 4.78 is 5.63. The van der Waals surface area contributed by atoms with E-state index >= 15 is 0 Å². The van der Waals surface area contributed by atoms with Gasteiger partial charge >= 0.3 is 0 Å². The molecule has 0 spiro atoms. The Kier molecular flexibility index (Phi) is 7.79. The van der Waals surface area contributed by atoms with Gasteiger partial charge in [0, 0.05) is 20.5 Å². The summed E-state index contributed by atoms with van der Waals surface area (Å²) in [6.45, 7) is 1.26. The van der Waals surface area contributed by atoms with Gasteiger partial charge in [-0.3, -0.25) is 4.79 Å². The monoisotopic (exact) mass is 294 g/mol. The van der Waals surface area contributed by atoms with Gasteiger partial charge in [-0.1, -0.05) is 12.1 Å². The predicted octanol–water partition coefficient (Wildman–Crippen LogP) is 1.58. The Labute approximate surface area is 126 Å². The minimum absolute atomic E-state index is 0.106. The summed E-state index contributed by atoms with van der Waals surface area (Å²) in [6, 6.07) is 7.48. The first-order valence-electron chi connectivity index (χ1n) is 7.30. The van der Waals surface area contributed by atoms with E-state index in [9.17, 15) is 9.90 Å². The van der Waals surface area contributed by atoms with E-state index in [2.05, 4.69) is 5.32 Å². The second-order valence-electron chi connectivity index (χ2n) is 5.22. The standard InChI is InChI=1S/C16H26N2O3/c1-17-10-9-15(19)13-6-4-7-14(12-13)21-11-5-8-16(20)18(2)3/h4,6-7,12,15,17,19H,5,8-11H2,1-3H3. The maximum Gasteiger partial charge on any atom is 0.222 e. The molecule has 1 atom stereocenters. The second kappa shape index (κ2) is 9.37. The smallest absolute Gasteiger partial charge is 0.222 e. The van der Waals surface area contributed by atoms with Gasteiger partial charge < -0.3 is 20.1 Å². The highest BCUT2D eigenvalue weighted by Gasteiger charge is 2.08. The number of rotatable bonds is 9. The molecule has 0 aliphatic heterocycles. The number of carbonyl (C=O) groups excluding carboxylic acids is 1. The topological polar surface area (TPSA) is 61.8 Å². The van der Waals surface area contributed by atoms with Crippen LogP contribution in [0.2, 0.25) is 0 Å². The van der Waals surface area contributed by atoms with Crippen molar-refractivity contribution >= 4 is 5.91 Å². The molecule has 0 saturated heterocycles. The van der Waals surface area contributed by atoms with E-state index in [0.717, 1.165) is 17.9 Å². The fourth-order valence-corrected chi connectivity index (χ4v) is 1.90. The molecule has 5 heteroatoms. The SMILES string of the molecule is CNCCC(O)c1cccc(OCCCC(=O)N(C)C)c1. The van der Waals surface area contributed by atoms with Gasteiger partial charge in [0.1, 0.15) is 5.75 Å². The highest BCUT2D eigenvalue weighted by molar-refractivity contribution is 5.75. The van der Waals surface area contributed by atoms with Crippen molar-refractivity contribution in [1.82, 2.24) is 10.2 Å². The summed E-state index contributed by atoms with van der Waals surface area (Å²) in [6.07, 6.45) is 1.34. The summed E-state index contributed by atoms with van der Waals surface area (Å²) in [5, 5.41) is 13.1. The van der Waals surface area contributed by atoms with Gasteiger partial charge in [-0.25, -0.2) is 0 Å². The number of aliphatic hydroxyl groups is 1. The minimum atomic E-state index is -0.490. The number of benzene rings is 1. The lowest BCUT2D eigenvalue weighted by atomic mass is 10.1. The van der Waals surface area contributed by atoms with Gasteiger partial charge in [-0.15, -0.1) is 0 Å². The highest BCUT2D eigenvalue weighted by Crippen LogP contribution is 2.21. The molecule has 0 fully saturated rings. The summed E-state index contributed by atoms with van der Waals surface area (Å²) in [5.41, 5.74) is 0.854. The summed E-state index contributed by atoms with van der Waals surface area (Å²) in [4.78, 5) is 13.0. The van der Waals surface area contributed by atoms with Gasteiger partial charge in [0.25, 0.3) is 0 Å². The first kappa shape index (κ1) is 17.5. The first-order chi connectivity index (χ1) is 10.0. The molecule has 1 rings (SSSR count). The summed E-state index contributed by atoms with van der Waals surface area (Å²) >= 11 is 0. The summed E-state index contributed by atoms with van der Waals surface area (Å²) in [5.74, 6) is 0.836. The van der Waals surface area contributed by atoms with Crippen molar-refractivity contribution in [2.24, 2.45) is 0 Å². The van der Waals surface area contributed by atoms with Crippen molar-refractivity contribution in [3.63, 3.8) is 0 Å². The van der Waals surface area contributed by atoms with Crippen LogP contribution in [0.3, 0.4) is 0 Å². The van der Waals surface area contributed by atoms with Gasteiger partial charge in [0.05, 0.1) is 12.7 Å². The van der Waals surface area contributed by atoms with E-state index in [-0.39, 0.29) is 5.91 Å². The lowest BCUT2D eigenvalue weighted by molar-refractivity contribution is -0.128. The molecule has 0 saturated carbocycles. The number of hydrogen-bond donors (Lipinski definition) is 2. The number of nitrogens with one attached hydrogen (secondary N) is 1. The number of aliphatic hydroxyl groups excluding tert-OH is 1. The normalized spacial score (nSPS) is 12.0. The Morgan fingerprint density at radius 3 is 2.86 bits per heavy atom. The maximum atomic E-state index is 11.4. The molecule has 21 heavy (non-hydrogen) atoms. The zero-order valence-corrected chi connectivity index (χ0v) is 13.1. The van der Waals surface area contributed by atoms with Gasteiger partial charge in [0.2, 0.25) is 5.91 Å². The fourth-order valence-electron chi connectivity index (χ4n) is 1.90. The Balaban J connectivity index is 2.40. The lowest BCUT2D eigenvalue weighted by Gasteiger charge is -2.13. The molecule has 1 aromatic carbocycles. The van der Waals surface area contributed by atoms with Crippen LogP contribution >= 0.6 is 0 Å². The molecular formula is C16H26N2O3. The molecule has 1 aromatic rings. The van der Waals surface area contributed by atoms with Crippen molar-refractivity contribution in [2.45, 2.75) is 25.4 Å². The number of hydrogen-bond acceptors (Lipinski definition) is 4. The van der Waals surface area contributed by atoms with Gasteiger partial charge in [-0.05, 0) is 44.1 Å². The molecule has 1 unspecified atom stereocenters. The van der Waals surface area contributed by atoms with Crippen LogP contribution in [0.5, 0.6) is 5.75 Å². The quantitative estimate of drug-likeness (QED) is 0.679. The number of ether oxygens (including phenoxy) is 1. The molecule has 118 valence electrons. The lowest BCUT2D eigenvalue weighted by Crippen LogP contribution is -2.21. The molecule has 0 aromatic heterocycles. The van der Waals surface area contributed by atoms with Crippen LogP contribution < -0.4 is 10.1 Å². The fraction of sp³-hybridized carbons (Fsp3) is 0.562. The molecule has 0 aliphatic rings. The number of amides is 1. The van der Waals surface area contributed by atoms with E-state index < -0.39 is 6.10 Å². The largest absolute Gasteiger partial charge is 0.494 e. The van der Waals surface area contributed by atoms with Crippen molar-refractivity contribution in [2.75, 3.05) is 34.3 Å². The second-order valence-corrected chi connectivity index (χ2v) is 5.22. The van der Waals surface area contributed by atoms with E-state index in [1.807, 2.05) is 31.3 Å². The molecule has 0 heterocycles. The van der Waals surface area contributed by atoms with E-state index in [1.165, 1.54) is 0 Å². The number of carbonyl (C=O) groups is 1. The van der Waals surface area contributed by atoms with Crippen molar-refractivity contribution < 1.29 is 14.6 Å². The van der Waals surface area contributed by atoms with E-state index in [0.29, 0.717) is 25.9 Å². The minimum Gasteiger partial charge on any atom is -0.494 e. The van der Waals surface area contributed by atoms with Crippen molar-refractivity contribution in [3.05, 3.63) is 29.8 Å². The molecular weight excluding hydrogens is 268 g/mol. The van der Waals surface area contributed by atoms with Gasteiger partial charge in [-0.2, -0.15) is 0 Å². The third kappa shape index (κ3) is 6.60. The highest BCUT2D eigenvalue weighted by atomic mass is 16.5. The molecule has 1 amide bonds. The molecule has 0 aliphatic carbocycles. The first-order valence-corrected chi connectivity index (χ1v) is 7.30. The Hall–Kier alpha value is -1.59. The third-order valence-corrected chi connectivity index (χ3v) is 3.21.